The van der Waals surface area contributed by atoms with Crippen LogP contribution < -0.4 is 5.32 Å². The van der Waals surface area contributed by atoms with E-state index in [-0.39, 0.29) is 22.2 Å². The van der Waals surface area contributed by atoms with E-state index in [2.05, 4.69) is 10.3 Å². The highest BCUT2D eigenvalue weighted by Gasteiger charge is 2.12. The zero-order valence-electron chi connectivity index (χ0n) is 12.8. The lowest BCUT2D eigenvalue weighted by Gasteiger charge is -2.08. The molecule has 0 aliphatic rings. The van der Waals surface area contributed by atoms with Crippen LogP contribution in [0.15, 0.2) is 53.4 Å². The third kappa shape index (κ3) is 4.45. The van der Waals surface area contributed by atoms with Crippen LogP contribution in [0.3, 0.4) is 0 Å². The number of thiol groups is 1. The summed E-state index contributed by atoms with van der Waals surface area (Å²) >= 11 is 7.62. The smallest absolute Gasteiger partial charge is 0.257 e. The highest BCUT2D eigenvalue weighted by molar-refractivity contribution is 7.71. The van der Waals surface area contributed by atoms with Gasteiger partial charge in [0.25, 0.3) is 5.91 Å². The maximum Gasteiger partial charge on any atom is 0.257 e. The maximum atomic E-state index is 12.4. The number of benzene rings is 2. The standard InChI is InChI=1S/C17H13ClN2O3S2/c18-15-7-11(9-25(22)23)1-6-14(15)17(21)20-13-4-2-12(3-5-13)16-8-24-10-19-16/h1-8,10,25H,9H2,(H,20,21). The molecule has 0 atom stereocenters. The van der Waals surface area contributed by atoms with Crippen LogP contribution in [-0.2, 0) is 16.5 Å². The van der Waals surface area contributed by atoms with E-state index in [4.69, 9.17) is 11.6 Å². The van der Waals surface area contributed by atoms with Crippen LogP contribution in [0, 0.1) is 0 Å². The fraction of sp³-hybridized carbons (Fsp3) is 0.0588. The molecule has 0 fully saturated rings. The molecule has 0 bridgehead atoms. The van der Waals surface area contributed by atoms with Gasteiger partial charge >= 0.3 is 0 Å². The first kappa shape index (κ1) is 17.6. The average Bonchev–Trinajstić information content (AvgIpc) is 3.09. The molecule has 0 saturated carbocycles. The third-order valence-electron chi connectivity index (χ3n) is 3.46. The molecule has 0 saturated heterocycles. The Balaban J connectivity index is 1.73. The van der Waals surface area contributed by atoms with Gasteiger partial charge in [-0.1, -0.05) is 29.8 Å². The molecule has 1 amide bonds. The first-order chi connectivity index (χ1) is 12.0. The topological polar surface area (TPSA) is 76.1 Å². The summed E-state index contributed by atoms with van der Waals surface area (Å²) in [5, 5.41) is 4.93. The Kier molecular flexibility index (Phi) is 5.47. The Bertz CT molecular complexity index is 960. The Morgan fingerprint density at radius 1 is 1.16 bits per heavy atom. The predicted octanol–water partition coefficient (Wildman–Crippen LogP) is 3.83. The van der Waals surface area contributed by atoms with Crippen molar-refractivity contribution in [1.82, 2.24) is 4.98 Å². The molecule has 1 aromatic heterocycles. The van der Waals surface area contributed by atoms with Crippen LogP contribution in [-0.4, -0.2) is 19.3 Å². The van der Waals surface area contributed by atoms with Crippen molar-refractivity contribution in [2.24, 2.45) is 0 Å². The average molecular weight is 393 g/mol. The minimum absolute atomic E-state index is 0.102. The van der Waals surface area contributed by atoms with Crippen LogP contribution in [0.2, 0.25) is 5.02 Å². The second-order valence-electron chi connectivity index (χ2n) is 5.21. The minimum atomic E-state index is -2.54. The van der Waals surface area contributed by atoms with E-state index in [9.17, 15) is 13.2 Å². The summed E-state index contributed by atoms with van der Waals surface area (Å²) in [6.45, 7) is 0. The van der Waals surface area contributed by atoms with Crippen LogP contribution in [0.25, 0.3) is 11.3 Å². The molecule has 0 unspecified atom stereocenters. The molecule has 25 heavy (non-hydrogen) atoms. The van der Waals surface area contributed by atoms with Crippen LogP contribution in [0.5, 0.6) is 0 Å². The number of carbonyl (C=O) groups excluding carboxylic acids is 1. The summed E-state index contributed by atoms with van der Waals surface area (Å²) < 4.78 is 21.5. The predicted molar refractivity (Wildman–Crippen MR) is 101 cm³/mol. The van der Waals surface area contributed by atoms with Crippen molar-refractivity contribution in [2.75, 3.05) is 5.32 Å². The molecule has 0 aliphatic carbocycles. The number of hydrogen-bond donors (Lipinski definition) is 2. The zero-order chi connectivity index (χ0) is 17.8. The highest BCUT2D eigenvalue weighted by atomic mass is 35.5. The number of nitrogens with one attached hydrogen (secondary N) is 1. The van der Waals surface area contributed by atoms with Gasteiger partial charge in [-0.2, -0.15) is 0 Å². The van der Waals surface area contributed by atoms with E-state index in [0.29, 0.717) is 11.3 Å². The first-order valence-corrected chi connectivity index (χ1v) is 9.91. The SMILES string of the molecule is O=C(Nc1ccc(-c2cscn2)cc1)c1ccc(C[SH](=O)=O)cc1Cl. The maximum absolute atomic E-state index is 12.4. The molecule has 1 N–H and O–H groups in total. The quantitative estimate of drug-likeness (QED) is 0.647. The Morgan fingerprint density at radius 2 is 1.92 bits per heavy atom. The van der Waals surface area contributed by atoms with Crippen molar-refractivity contribution in [3.8, 4) is 11.3 Å². The summed E-state index contributed by atoms with van der Waals surface area (Å²) in [7, 11) is -2.54. The molecule has 128 valence electrons. The monoisotopic (exact) mass is 392 g/mol. The number of aromatic nitrogens is 1. The van der Waals surface area contributed by atoms with Gasteiger partial charge in [-0.15, -0.1) is 11.3 Å². The summed E-state index contributed by atoms with van der Waals surface area (Å²) in [4.78, 5) is 16.6. The van der Waals surface area contributed by atoms with Crippen molar-refractivity contribution < 1.29 is 13.2 Å². The van der Waals surface area contributed by atoms with Gasteiger partial charge in [0.2, 0.25) is 0 Å². The van der Waals surface area contributed by atoms with Gasteiger partial charge in [-0.05, 0) is 29.8 Å². The van der Waals surface area contributed by atoms with Crippen molar-refractivity contribution >= 4 is 45.2 Å². The van der Waals surface area contributed by atoms with E-state index in [1.807, 2.05) is 17.5 Å². The van der Waals surface area contributed by atoms with E-state index >= 15 is 0 Å². The van der Waals surface area contributed by atoms with E-state index < -0.39 is 10.7 Å². The van der Waals surface area contributed by atoms with Crippen molar-refractivity contribution in [1.29, 1.82) is 0 Å². The number of rotatable bonds is 5. The second-order valence-corrected chi connectivity index (χ2v) is 7.32. The molecular formula is C17H13ClN2O3S2. The van der Waals surface area contributed by atoms with Crippen molar-refractivity contribution in [3.05, 3.63) is 69.5 Å². The van der Waals surface area contributed by atoms with Gasteiger partial charge in [0, 0.05) is 16.6 Å². The fourth-order valence-electron chi connectivity index (χ4n) is 2.27. The Hall–Kier alpha value is -2.22. The summed E-state index contributed by atoms with van der Waals surface area (Å²) in [6.07, 6.45) is 0. The summed E-state index contributed by atoms with van der Waals surface area (Å²) in [5.41, 5.74) is 5.08. The molecule has 0 aliphatic heterocycles. The van der Waals surface area contributed by atoms with Gasteiger partial charge < -0.3 is 5.32 Å². The van der Waals surface area contributed by atoms with Crippen molar-refractivity contribution in [2.45, 2.75) is 5.75 Å². The number of carbonyl (C=O) groups is 1. The molecular weight excluding hydrogens is 380 g/mol. The molecule has 1 heterocycles. The molecule has 0 radical (unpaired) electrons. The van der Waals surface area contributed by atoms with Crippen molar-refractivity contribution in [3.63, 3.8) is 0 Å². The molecule has 0 spiro atoms. The fourth-order valence-corrected chi connectivity index (χ4v) is 3.61. The van der Waals surface area contributed by atoms with Gasteiger partial charge in [0.05, 0.1) is 27.5 Å². The lowest BCUT2D eigenvalue weighted by Crippen LogP contribution is -2.12. The van der Waals surface area contributed by atoms with Gasteiger partial charge in [0.15, 0.2) is 0 Å². The number of thiazole rings is 1. The van der Waals surface area contributed by atoms with Crippen LogP contribution in [0.1, 0.15) is 15.9 Å². The number of halogens is 1. The van der Waals surface area contributed by atoms with Crippen LogP contribution in [0.4, 0.5) is 5.69 Å². The normalized spacial score (nSPS) is 10.8. The molecule has 8 heteroatoms. The van der Waals surface area contributed by atoms with E-state index in [0.717, 1.165) is 11.3 Å². The highest BCUT2D eigenvalue weighted by Crippen LogP contribution is 2.23. The number of hydrogen-bond acceptors (Lipinski definition) is 5. The summed E-state index contributed by atoms with van der Waals surface area (Å²) in [6, 6.07) is 11.9. The second kappa shape index (κ2) is 7.77. The van der Waals surface area contributed by atoms with Crippen LogP contribution >= 0.6 is 22.9 Å². The lowest BCUT2D eigenvalue weighted by atomic mass is 10.1. The molecule has 5 nitrogen and oxygen atoms in total. The van der Waals surface area contributed by atoms with Gasteiger partial charge in [0.1, 0.15) is 10.7 Å². The van der Waals surface area contributed by atoms with Gasteiger partial charge in [-0.3, -0.25) is 4.79 Å². The molecule has 3 aromatic rings. The number of anilines is 1. The Morgan fingerprint density at radius 3 is 2.52 bits per heavy atom. The summed E-state index contributed by atoms with van der Waals surface area (Å²) in [5.74, 6) is -0.459. The third-order valence-corrected chi connectivity index (χ3v) is 4.98. The van der Waals surface area contributed by atoms with E-state index in [1.54, 1.807) is 23.7 Å². The molecule has 2 aromatic carbocycles. The lowest BCUT2D eigenvalue weighted by molar-refractivity contribution is 0.102. The molecule has 3 rings (SSSR count). The minimum Gasteiger partial charge on any atom is -0.322 e. The van der Waals surface area contributed by atoms with Gasteiger partial charge in [-0.25, -0.2) is 13.4 Å². The first-order valence-electron chi connectivity index (χ1n) is 7.23. The Labute approximate surface area is 155 Å². The van der Waals surface area contributed by atoms with E-state index in [1.165, 1.54) is 23.5 Å². The zero-order valence-corrected chi connectivity index (χ0v) is 15.3. The largest absolute Gasteiger partial charge is 0.322 e. The number of amides is 1. The number of nitrogens with zero attached hydrogens (tertiary/aromatic N) is 1.